The molecule has 1 aliphatic rings. The quantitative estimate of drug-likeness (QED) is 0.459. The fourth-order valence-corrected chi connectivity index (χ4v) is 0.856. The number of allylic oxidation sites excluding steroid dienone is 8. The maximum absolute atomic E-state index is 2.18. The standard InChI is InChI=1S/C11H13/c1-2-4-6-8-10-11-9-7-5-3-1/h1-7,10-11H,8-9H2/b2-1-,5-3-,6-4-,11-10-. The van der Waals surface area contributed by atoms with Crippen LogP contribution in [-0.4, -0.2) is 0 Å². The monoisotopic (exact) mass is 145 g/mol. The Kier molecular flexibility index (Phi) is 4.19. The van der Waals surface area contributed by atoms with Gasteiger partial charge in [-0.3, -0.25) is 0 Å². The summed E-state index contributed by atoms with van der Waals surface area (Å²) in [6.07, 6.45) is 21.0. The van der Waals surface area contributed by atoms with Crippen molar-refractivity contribution in [1.29, 1.82) is 0 Å². The Hall–Kier alpha value is -1.04. The molecular weight excluding hydrogens is 132 g/mol. The largest absolute Gasteiger partial charge is 0.0876 e. The molecule has 0 aromatic heterocycles. The van der Waals surface area contributed by atoms with E-state index in [-0.39, 0.29) is 0 Å². The van der Waals surface area contributed by atoms with Gasteiger partial charge in [0, 0.05) is 0 Å². The minimum absolute atomic E-state index is 1.04. The molecule has 0 bridgehead atoms. The lowest BCUT2D eigenvalue weighted by Gasteiger charge is -1.83. The number of rotatable bonds is 0. The van der Waals surface area contributed by atoms with Crippen molar-refractivity contribution in [3.63, 3.8) is 0 Å². The fourth-order valence-electron chi connectivity index (χ4n) is 0.856. The normalized spacial score (nSPS) is 29.8. The first-order valence-corrected chi connectivity index (χ1v) is 3.97. The van der Waals surface area contributed by atoms with Gasteiger partial charge in [0.25, 0.3) is 0 Å². The SMILES string of the molecule is [CH]1\C=C/C=C\C=C/C/C=C\C1. The van der Waals surface area contributed by atoms with Crippen molar-refractivity contribution in [2.75, 3.05) is 0 Å². The van der Waals surface area contributed by atoms with Gasteiger partial charge in [0.15, 0.2) is 0 Å². The summed E-state index contributed by atoms with van der Waals surface area (Å²) in [5.74, 6) is 0. The van der Waals surface area contributed by atoms with Crippen molar-refractivity contribution < 1.29 is 0 Å². The molecule has 11 heavy (non-hydrogen) atoms. The summed E-state index contributed by atoms with van der Waals surface area (Å²) in [6.45, 7) is 0. The van der Waals surface area contributed by atoms with Crippen LogP contribution in [0.2, 0.25) is 0 Å². The van der Waals surface area contributed by atoms with Gasteiger partial charge >= 0.3 is 0 Å². The summed E-state index contributed by atoms with van der Waals surface area (Å²) in [7, 11) is 0. The number of hydrogen-bond acceptors (Lipinski definition) is 0. The predicted molar refractivity (Wildman–Crippen MR) is 50.1 cm³/mol. The average molecular weight is 145 g/mol. The van der Waals surface area contributed by atoms with Crippen molar-refractivity contribution in [2.45, 2.75) is 12.8 Å². The predicted octanol–water partition coefficient (Wildman–Crippen LogP) is 3.21. The van der Waals surface area contributed by atoms with Crippen LogP contribution >= 0.6 is 0 Å². The summed E-state index contributed by atoms with van der Waals surface area (Å²) < 4.78 is 0. The summed E-state index contributed by atoms with van der Waals surface area (Å²) in [5.41, 5.74) is 0. The first-order chi connectivity index (χ1) is 5.50. The zero-order chi connectivity index (χ0) is 7.78. The third-order valence-electron chi connectivity index (χ3n) is 1.43. The summed E-state index contributed by atoms with van der Waals surface area (Å²) in [5, 5.41) is 0. The molecule has 57 valence electrons. The molecule has 0 N–H and O–H groups in total. The number of hydrogen-bond donors (Lipinski definition) is 0. The summed E-state index contributed by atoms with van der Waals surface area (Å²) >= 11 is 0. The zero-order valence-electron chi connectivity index (χ0n) is 6.61. The minimum atomic E-state index is 1.04. The van der Waals surface area contributed by atoms with E-state index in [4.69, 9.17) is 0 Å². The molecule has 1 rings (SSSR count). The van der Waals surface area contributed by atoms with E-state index in [0.29, 0.717) is 0 Å². The molecule has 0 aromatic carbocycles. The van der Waals surface area contributed by atoms with Gasteiger partial charge in [0.05, 0.1) is 0 Å². The molecule has 0 saturated heterocycles. The van der Waals surface area contributed by atoms with Crippen LogP contribution in [0.25, 0.3) is 0 Å². The second-order valence-corrected chi connectivity index (χ2v) is 2.38. The summed E-state index contributed by atoms with van der Waals surface area (Å²) in [6, 6.07) is 0. The van der Waals surface area contributed by atoms with Gasteiger partial charge < -0.3 is 0 Å². The molecule has 0 nitrogen and oxygen atoms in total. The fraction of sp³-hybridized carbons (Fsp3) is 0.182. The van der Waals surface area contributed by atoms with E-state index in [1.54, 1.807) is 0 Å². The Balaban J connectivity index is 2.47. The highest BCUT2D eigenvalue weighted by atomic mass is 13.8. The second kappa shape index (κ2) is 5.72. The molecule has 0 atom stereocenters. The lowest BCUT2D eigenvalue weighted by Crippen LogP contribution is -1.64. The highest BCUT2D eigenvalue weighted by molar-refractivity contribution is 5.15. The Morgan fingerprint density at radius 1 is 0.545 bits per heavy atom. The van der Waals surface area contributed by atoms with Crippen molar-refractivity contribution in [1.82, 2.24) is 0 Å². The second-order valence-electron chi connectivity index (χ2n) is 2.38. The van der Waals surface area contributed by atoms with E-state index >= 15 is 0 Å². The molecule has 0 heterocycles. The topological polar surface area (TPSA) is 0 Å². The zero-order valence-corrected chi connectivity index (χ0v) is 6.61. The molecule has 0 aromatic rings. The third-order valence-corrected chi connectivity index (χ3v) is 1.43. The maximum atomic E-state index is 2.18. The van der Waals surface area contributed by atoms with Crippen LogP contribution in [-0.2, 0) is 0 Å². The molecule has 0 spiro atoms. The van der Waals surface area contributed by atoms with Crippen LogP contribution in [0.3, 0.4) is 0 Å². The Bertz CT molecular complexity index is 192. The maximum Gasteiger partial charge on any atom is -0.0130 e. The lowest BCUT2D eigenvalue weighted by molar-refractivity contribution is 1.25. The lowest BCUT2D eigenvalue weighted by atomic mass is 10.2. The minimum Gasteiger partial charge on any atom is -0.0876 e. The Labute approximate surface area is 68.6 Å². The van der Waals surface area contributed by atoms with Crippen LogP contribution in [0.1, 0.15) is 12.8 Å². The van der Waals surface area contributed by atoms with E-state index < -0.39 is 0 Å². The highest BCUT2D eigenvalue weighted by Crippen LogP contribution is 1.96. The van der Waals surface area contributed by atoms with Gasteiger partial charge in [-0.15, -0.1) is 0 Å². The first-order valence-electron chi connectivity index (χ1n) is 3.97. The Morgan fingerprint density at radius 2 is 1.27 bits per heavy atom. The van der Waals surface area contributed by atoms with Crippen molar-refractivity contribution in [3.8, 4) is 0 Å². The van der Waals surface area contributed by atoms with Crippen LogP contribution in [0.15, 0.2) is 48.6 Å². The van der Waals surface area contributed by atoms with Crippen LogP contribution in [0, 0.1) is 6.42 Å². The van der Waals surface area contributed by atoms with Gasteiger partial charge in [0.1, 0.15) is 0 Å². The molecule has 0 aliphatic heterocycles. The molecule has 0 fully saturated rings. The van der Waals surface area contributed by atoms with Crippen LogP contribution < -0.4 is 0 Å². The average Bonchev–Trinajstić information content (AvgIpc) is 2.08. The molecule has 1 radical (unpaired) electrons. The third kappa shape index (κ3) is 4.38. The van der Waals surface area contributed by atoms with Gasteiger partial charge in [-0.05, 0) is 19.3 Å². The van der Waals surface area contributed by atoms with Gasteiger partial charge in [-0.1, -0.05) is 48.6 Å². The van der Waals surface area contributed by atoms with Crippen molar-refractivity contribution in [3.05, 3.63) is 55.0 Å². The van der Waals surface area contributed by atoms with Crippen LogP contribution in [0.5, 0.6) is 0 Å². The van der Waals surface area contributed by atoms with Crippen molar-refractivity contribution >= 4 is 0 Å². The van der Waals surface area contributed by atoms with E-state index in [1.807, 2.05) is 18.2 Å². The van der Waals surface area contributed by atoms with Gasteiger partial charge in [0.2, 0.25) is 0 Å². The highest BCUT2D eigenvalue weighted by Gasteiger charge is 1.77. The van der Waals surface area contributed by atoms with Gasteiger partial charge in [-0.25, -0.2) is 0 Å². The molecule has 0 heteroatoms. The molecular formula is C11H13. The Morgan fingerprint density at radius 3 is 2.27 bits per heavy atom. The van der Waals surface area contributed by atoms with E-state index in [0.717, 1.165) is 12.8 Å². The van der Waals surface area contributed by atoms with Gasteiger partial charge in [-0.2, -0.15) is 0 Å². The van der Waals surface area contributed by atoms with Crippen molar-refractivity contribution in [2.24, 2.45) is 0 Å². The summed E-state index contributed by atoms with van der Waals surface area (Å²) in [4.78, 5) is 0. The molecule has 1 aliphatic carbocycles. The molecule has 0 saturated carbocycles. The van der Waals surface area contributed by atoms with E-state index in [2.05, 4.69) is 36.8 Å². The molecule has 0 amide bonds. The van der Waals surface area contributed by atoms with Crippen LogP contribution in [0.4, 0.5) is 0 Å². The van der Waals surface area contributed by atoms with E-state index in [1.165, 1.54) is 0 Å². The molecule has 0 unspecified atom stereocenters. The van der Waals surface area contributed by atoms with E-state index in [9.17, 15) is 0 Å². The smallest absolute Gasteiger partial charge is 0.0130 e. The first kappa shape index (κ1) is 8.06.